The number of piperidine rings is 1. The van der Waals surface area contributed by atoms with Crippen LogP contribution in [0.25, 0.3) is 0 Å². The van der Waals surface area contributed by atoms with Crippen LogP contribution in [0.2, 0.25) is 0 Å². The molecule has 4 rings (SSSR count). The first-order chi connectivity index (χ1) is 15.0. The minimum Gasteiger partial charge on any atom is -0.493 e. The molecule has 1 aliphatic heterocycles. The van der Waals surface area contributed by atoms with E-state index >= 15 is 0 Å². The zero-order valence-corrected chi connectivity index (χ0v) is 21.1. The number of carbonyl (C=O) groups excluding carboxylic acids is 1. The van der Waals surface area contributed by atoms with Gasteiger partial charge in [0.15, 0.2) is 11.5 Å². The van der Waals surface area contributed by atoms with E-state index in [2.05, 4.69) is 50.0 Å². The monoisotopic (exact) mass is 444 g/mol. The van der Waals surface area contributed by atoms with Gasteiger partial charge in [0.2, 0.25) is 5.91 Å². The van der Waals surface area contributed by atoms with Crippen molar-refractivity contribution < 1.29 is 15.7 Å². The summed E-state index contributed by atoms with van der Waals surface area (Å²) in [5.74, 6) is 1.55. The van der Waals surface area contributed by atoms with Crippen LogP contribution in [-0.2, 0) is 10.2 Å². The number of methoxy groups -OCH3 is 2. The molecule has 1 atom stereocenters. The minimum absolute atomic E-state index is 0. The minimum atomic E-state index is 0. The summed E-state index contributed by atoms with van der Waals surface area (Å²) in [7, 11) is 3.38. The van der Waals surface area contributed by atoms with Crippen molar-refractivity contribution in [3.63, 3.8) is 0 Å². The first kappa shape index (κ1) is 23.4. The third-order valence-electron chi connectivity index (χ3n) is 8.28. The van der Waals surface area contributed by atoms with Crippen LogP contribution in [0.4, 0.5) is 0 Å². The SMILES string of the molecule is COc1cc2c(cc1OC)C1(CCN(C3CC(C)(C)CC(C)(C)C3)CC1)CC2NC(C)=O.[HH]. The Labute approximate surface area is 195 Å². The third kappa shape index (κ3) is 4.37. The fraction of sp³-hybridized carbons (Fsp3) is 0.741. The van der Waals surface area contributed by atoms with Gasteiger partial charge in [0.1, 0.15) is 0 Å². The highest BCUT2D eigenvalue weighted by atomic mass is 16.5. The van der Waals surface area contributed by atoms with Gasteiger partial charge in [-0.3, -0.25) is 4.79 Å². The van der Waals surface area contributed by atoms with Crippen LogP contribution in [0.3, 0.4) is 0 Å². The fourth-order valence-electron chi connectivity index (χ4n) is 7.46. The van der Waals surface area contributed by atoms with E-state index in [-0.39, 0.29) is 18.8 Å². The van der Waals surface area contributed by atoms with E-state index in [9.17, 15) is 4.79 Å². The summed E-state index contributed by atoms with van der Waals surface area (Å²) in [6.07, 6.45) is 7.11. The lowest BCUT2D eigenvalue weighted by Crippen LogP contribution is -2.51. The summed E-state index contributed by atoms with van der Waals surface area (Å²) in [5, 5.41) is 3.21. The molecule has 0 bridgehead atoms. The summed E-state index contributed by atoms with van der Waals surface area (Å²) in [6, 6.07) is 4.98. The number of hydrogen-bond acceptors (Lipinski definition) is 4. The second-order valence-electron chi connectivity index (χ2n) is 12.1. The number of ether oxygens (including phenoxy) is 2. The Morgan fingerprint density at radius 3 is 2.09 bits per heavy atom. The third-order valence-corrected chi connectivity index (χ3v) is 8.28. The molecule has 180 valence electrons. The van der Waals surface area contributed by atoms with Gasteiger partial charge >= 0.3 is 0 Å². The molecule has 1 N–H and O–H groups in total. The highest BCUT2D eigenvalue weighted by Gasteiger charge is 2.48. The molecule has 32 heavy (non-hydrogen) atoms. The van der Waals surface area contributed by atoms with E-state index in [0.29, 0.717) is 16.9 Å². The number of nitrogens with one attached hydrogen (secondary N) is 1. The van der Waals surface area contributed by atoms with Gasteiger partial charge in [0.25, 0.3) is 0 Å². The average molecular weight is 445 g/mol. The quantitative estimate of drug-likeness (QED) is 0.669. The molecule has 1 unspecified atom stereocenters. The van der Waals surface area contributed by atoms with Crippen LogP contribution < -0.4 is 14.8 Å². The second-order valence-corrected chi connectivity index (χ2v) is 12.1. The maximum absolute atomic E-state index is 12.0. The number of hydrogen-bond donors (Lipinski definition) is 1. The van der Waals surface area contributed by atoms with Crippen LogP contribution in [-0.4, -0.2) is 44.2 Å². The maximum atomic E-state index is 12.0. The highest BCUT2D eigenvalue weighted by Crippen LogP contribution is 2.54. The highest BCUT2D eigenvalue weighted by molar-refractivity contribution is 5.74. The lowest BCUT2D eigenvalue weighted by molar-refractivity contribution is -0.119. The summed E-state index contributed by atoms with van der Waals surface area (Å²) in [5.41, 5.74) is 3.45. The largest absolute Gasteiger partial charge is 0.493 e. The van der Waals surface area contributed by atoms with Crippen LogP contribution in [0.1, 0.15) is 91.7 Å². The van der Waals surface area contributed by atoms with E-state index in [1.807, 2.05) is 0 Å². The topological polar surface area (TPSA) is 50.8 Å². The molecule has 0 radical (unpaired) electrons. The fourth-order valence-corrected chi connectivity index (χ4v) is 7.46. The van der Waals surface area contributed by atoms with Gasteiger partial charge in [-0.25, -0.2) is 0 Å². The van der Waals surface area contributed by atoms with Gasteiger partial charge in [-0.05, 0) is 85.7 Å². The molecule has 2 aliphatic carbocycles. The number of fused-ring (bicyclic) bond motifs is 2. The van der Waals surface area contributed by atoms with Crippen LogP contribution in [0.15, 0.2) is 12.1 Å². The standard InChI is InChI=1S/C27H42N2O3.H2/c1-18(30)28-22-16-27(21-13-24(32-7)23(31-6)12-20(21)22)8-10-29(11-9-27)19-14-25(2,3)17-26(4,5)15-19;/h12-13,19,22H,8-11,14-17H2,1-7H3,(H,28,30);1H. The Morgan fingerprint density at radius 1 is 1.00 bits per heavy atom. The first-order valence-corrected chi connectivity index (χ1v) is 12.3. The molecule has 3 aliphatic rings. The van der Waals surface area contributed by atoms with Crippen molar-refractivity contribution in [3.05, 3.63) is 23.3 Å². The average Bonchev–Trinajstić information content (AvgIpc) is 2.96. The number of nitrogens with zero attached hydrogens (tertiary/aromatic N) is 1. The van der Waals surface area contributed by atoms with Gasteiger partial charge in [0, 0.05) is 19.8 Å². The summed E-state index contributed by atoms with van der Waals surface area (Å²) in [6.45, 7) is 13.6. The zero-order valence-electron chi connectivity index (χ0n) is 21.1. The molecule has 5 nitrogen and oxygen atoms in total. The second kappa shape index (κ2) is 8.23. The zero-order chi connectivity index (χ0) is 23.3. The van der Waals surface area contributed by atoms with E-state index < -0.39 is 0 Å². The lowest BCUT2D eigenvalue weighted by atomic mass is 9.63. The molecule has 1 saturated heterocycles. The smallest absolute Gasteiger partial charge is 0.217 e. The Kier molecular flexibility index (Phi) is 6.02. The Hall–Kier alpha value is -1.75. The molecule has 1 heterocycles. The Balaban J connectivity index is 0.00000306. The van der Waals surface area contributed by atoms with Gasteiger partial charge < -0.3 is 19.7 Å². The lowest BCUT2D eigenvalue weighted by Gasteiger charge is -2.51. The molecule has 2 fully saturated rings. The van der Waals surface area contributed by atoms with Crippen molar-refractivity contribution in [1.82, 2.24) is 10.2 Å². The maximum Gasteiger partial charge on any atom is 0.217 e. The van der Waals surface area contributed by atoms with Crippen LogP contribution in [0.5, 0.6) is 11.5 Å². The number of benzene rings is 1. The number of amides is 1. The van der Waals surface area contributed by atoms with Crippen molar-refractivity contribution in [2.75, 3.05) is 27.3 Å². The van der Waals surface area contributed by atoms with Gasteiger partial charge in [0.05, 0.1) is 20.3 Å². The predicted molar refractivity (Wildman–Crippen MR) is 131 cm³/mol. The molecule has 1 amide bonds. The molecule has 1 spiro atoms. The van der Waals surface area contributed by atoms with Crippen molar-refractivity contribution in [2.45, 2.75) is 90.6 Å². The number of carbonyl (C=O) groups is 1. The van der Waals surface area contributed by atoms with Crippen molar-refractivity contribution in [3.8, 4) is 11.5 Å². The molecule has 0 aromatic heterocycles. The van der Waals surface area contributed by atoms with Gasteiger partial charge in [-0.15, -0.1) is 0 Å². The molecule has 5 heteroatoms. The molecule has 1 saturated carbocycles. The van der Waals surface area contributed by atoms with E-state index in [0.717, 1.165) is 43.9 Å². The van der Waals surface area contributed by atoms with E-state index in [1.54, 1.807) is 21.1 Å². The number of rotatable bonds is 4. The van der Waals surface area contributed by atoms with E-state index in [1.165, 1.54) is 30.4 Å². The summed E-state index contributed by atoms with van der Waals surface area (Å²) >= 11 is 0. The number of likely N-dealkylation sites (tertiary alicyclic amines) is 1. The summed E-state index contributed by atoms with van der Waals surface area (Å²) in [4.78, 5) is 14.7. The van der Waals surface area contributed by atoms with Crippen LogP contribution in [0, 0.1) is 10.8 Å². The normalized spacial score (nSPS) is 26.5. The Morgan fingerprint density at radius 2 is 1.56 bits per heavy atom. The van der Waals surface area contributed by atoms with Gasteiger partial charge in [-0.1, -0.05) is 27.7 Å². The van der Waals surface area contributed by atoms with Gasteiger partial charge in [-0.2, -0.15) is 0 Å². The van der Waals surface area contributed by atoms with Crippen molar-refractivity contribution >= 4 is 5.91 Å². The van der Waals surface area contributed by atoms with Crippen molar-refractivity contribution in [2.24, 2.45) is 10.8 Å². The van der Waals surface area contributed by atoms with Crippen LogP contribution >= 0.6 is 0 Å². The predicted octanol–water partition coefficient (Wildman–Crippen LogP) is 5.47. The molecular formula is C27H44N2O3. The summed E-state index contributed by atoms with van der Waals surface area (Å²) < 4.78 is 11.2. The van der Waals surface area contributed by atoms with Crippen molar-refractivity contribution in [1.29, 1.82) is 0 Å². The first-order valence-electron chi connectivity index (χ1n) is 12.3. The molecule has 1 aromatic rings. The molecular weight excluding hydrogens is 400 g/mol. The van der Waals surface area contributed by atoms with E-state index in [4.69, 9.17) is 9.47 Å². The Bertz CT molecular complexity index is 858. The molecule has 1 aromatic carbocycles.